The van der Waals surface area contributed by atoms with Crippen molar-refractivity contribution in [1.82, 2.24) is 9.97 Å². The normalized spacial score (nSPS) is 17.5. The molecule has 29 heavy (non-hydrogen) atoms. The van der Waals surface area contributed by atoms with E-state index in [4.69, 9.17) is 16.6 Å². The Kier molecular flexibility index (Phi) is 5.25. The van der Waals surface area contributed by atoms with Crippen molar-refractivity contribution < 1.29 is 0 Å². The highest BCUT2D eigenvalue weighted by Crippen LogP contribution is 2.43. The van der Waals surface area contributed by atoms with Gasteiger partial charge in [0.1, 0.15) is 10.6 Å². The molecule has 3 aromatic rings. The Bertz CT molecular complexity index is 1050. The summed E-state index contributed by atoms with van der Waals surface area (Å²) in [5.74, 6) is 1.00. The Morgan fingerprint density at radius 2 is 1.76 bits per heavy atom. The second-order valence-electron chi connectivity index (χ2n) is 8.62. The van der Waals surface area contributed by atoms with E-state index in [0.29, 0.717) is 11.3 Å². The highest BCUT2D eigenvalue weighted by Gasteiger charge is 2.25. The molecule has 0 radical (unpaired) electrons. The van der Waals surface area contributed by atoms with E-state index in [0.717, 1.165) is 10.6 Å². The molecule has 5 heteroatoms. The van der Waals surface area contributed by atoms with Crippen LogP contribution in [0.25, 0.3) is 21.3 Å². The second kappa shape index (κ2) is 7.88. The van der Waals surface area contributed by atoms with Crippen LogP contribution < -0.4 is 4.90 Å². The summed E-state index contributed by atoms with van der Waals surface area (Å²) in [5, 5.41) is 1.54. The number of thiophene rings is 1. The van der Waals surface area contributed by atoms with E-state index < -0.39 is 0 Å². The molecule has 1 saturated carbocycles. The highest BCUT2D eigenvalue weighted by atomic mass is 35.5. The molecule has 5 rings (SSSR count). The molecule has 0 amide bonds. The molecule has 0 saturated heterocycles. The van der Waals surface area contributed by atoms with Gasteiger partial charge in [0.15, 0.2) is 0 Å². The summed E-state index contributed by atoms with van der Waals surface area (Å²) in [6.45, 7) is 2.21. The fourth-order valence-electron chi connectivity index (χ4n) is 5.20. The lowest BCUT2D eigenvalue weighted by molar-refractivity contribution is 0.426. The summed E-state index contributed by atoms with van der Waals surface area (Å²) in [6, 6.07) is 7.60. The molecular formula is C24H28ClN3S. The van der Waals surface area contributed by atoms with Crippen LogP contribution in [0, 0.1) is 6.92 Å². The Morgan fingerprint density at radius 1 is 1.00 bits per heavy atom. The first-order chi connectivity index (χ1) is 14.1. The van der Waals surface area contributed by atoms with Crippen LogP contribution in [-0.2, 0) is 12.8 Å². The van der Waals surface area contributed by atoms with Crippen LogP contribution in [0.1, 0.15) is 60.9 Å². The summed E-state index contributed by atoms with van der Waals surface area (Å²) >= 11 is 8.11. The van der Waals surface area contributed by atoms with Gasteiger partial charge in [-0.05, 0) is 73.7 Å². The molecule has 0 spiro atoms. The van der Waals surface area contributed by atoms with Gasteiger partial charge < -0.3 is 4.90 Å². The number of rotatable bonds is 3. The van der Waals surface area contributed by atoms with E-state index in [-0.39, 0.29) is 0 Å². The Hall–Kier alpha value is -1.65. The first kappa shape index (κ1) is 19.3. The predicted molar refractivity (Wildman–Crippen MR) is 125 cm³/mol. The van der Waals surface area contributed by atoms with Gasteiger partial charge in [-0.15, -0.1) is 11.3 Å². The minimum absolute atomic E-state index is 0.355. The van der Waals surface area contributed by atoms with Gasteiger partial charge in [-0.3, -0.25) is 0 Å². The number of halogens is 1. The third-order valence-corrected chi connectivity index (χ3v) is 7.94. The molecule has 2 aromatic heterocycles. The van der Waals surface area contributed by atoms with Crippen LogP contribution in [0.15, 0.2) is 18.2 Å². The topological polar surface area (TPSA) is 29.0 Å². The van der Waals surface area contributed by atoms with Crippen molar-refractivity contribution in [3.8, 4) is 11.1 Å². The van der Waals surface area contributed by atoms with Crippen molar-refractivity contribution in [2.24, 2.45) is 0 Å². The number of hydrogen-bond acceptors (Lipinski definition) is 4. The number of nitrogens with zero attached hydrogens (tertiary/aromatic N) is 3. The highest BCUT2D eigenvalue weighted by molar-refractivity contribution is 7.19. The predicted octanol–water partition coefficient (Wildman–Crippen LogP) is 6.97. The van der Waals surface area contributed by atoms with Gasteiger partial charge in [0.2, 0.25) is 5.28 Å². The van der Waals surface area contributed by atoms with Crippen LogP contribution in [0.4, 0.5) is 5.82 Å². The monoisotopic (exact) mass is 425 g/mol. The van der Waals surface area contributed by atoms with Crippen molar-refractivity contribution >= 4 is 39.0 Å². The van der Waals surface area contributed by atoms with Gasteiger partial charge in [0, 0.05) is 23.5 Å². The smallest absolute Gasteiger partial charge is 0.225 e. The van der Waals surface area contributed by atoms with Crippen molar-refractivity contribution in [1.29, 1.82) is 0 Å². The minimum Gasteiger partial charge on any atom is -0.356 e. The number of hydrogen-bond donors (Lipinski definition) is 0. The van der Waals surface area contributed by atoms with Gasteiger partial charge in [0.25, 0.3) is 0 Å². The van der Waals surface area contributed by atoms with Crippen LogP contribution in [0.2, 0.25) is 5.28 Å². The van der Waals surface area contributed by atoms with Crippen LogP contribution in [0.5, 0.6) is 0 Å². The van der Waals surface area contributed by atoms with E-state index in [1.165, 1.54) is 90.3 Å². The number of aryl methyl sites for hydroxylation is 3. The molecule has 0 aliphatic heterocycles. The van der Waals surface area contributed by atoms with Crippen molar-refractivity contribution in [2.75, 3.05) is 11.9 Å². The summed E-state index contributed by atoms with van der Waals surface area (Å²) in [6.07, 6.45) is 11.4. The van der Waals surface area contributed by atoms with E-state index >= 15 is 0 Å². The van der Waals surface area contributed by atoms with Gasteiger partial charge in [-0.25, -0.2) is 4.98 Å². The average molecular weight is 426 g/mol. The Balaban J connectivity index is 1.67. The summed E-state index contributed by atoms with van der Waals surface area (Å²) in [5.41, 5.74) is 5.65. The standard InChI is InChI=1S/C24H28ClN3S/c1-15-20(18-13-12-16-8-6-7-9-17(16)14-18)21-22(26-24(25)27-23(21)29-15)28(2)19-10-4-3-5-11-19/h12-14,19H,3-11H2,1-2H3. The fraction of sp³-hybridized carbons (Fsp3) is 0.500. The van der Waals surface area contributed by atoms with E-state index in [1.54, 1.807) is 11.3 Å². The first-order valence-corrected chi connectivity index (χ1v) is 12.1. The summed E-state index contributed by atoms with van der Waals surface area (Å²) in [4.78, 5) is 14.0. The Morgan fingerprint density at radius 3 is 2.55 bits per heavy atom. The molecule has 1 aromatic carbocycles. The molecule has 0 atom stereocenters. The maximum absolute atomic E-state index is 6.37. The summed E-state index contributed by atoms with van der Waals surface area (Å²) in [7, 11) is 2.19. The molecule has 2 aliphatic rings. The summed E-state index contributed by atoms with van der Waals surface area (Å²) < 4.78 is 0. The molecule has 1 fully saturated rings. The maximum atomic E-state index is 6.37. The third kappa shape index (κ3) is 3.55. The van der Waals surface area contributed by atoms with Crippen LogP contribution in [0.3, 0.4) is 0 Å². The van der Waals surface area contributed by atoms with E-state index in [1.807, 2.05) is 0 Å². The SMILES string of the molecule is Cc1sc2nc(Cl)nc(N(C)C3CCCCC3)c2c1-c1ccc2c(c1)CCCC2. The molecule has 0 unspecified atom stereocenters. The lowest BCUT2D eigenvalue weighted by Gasteiger charge is -2.32. The zero-order chi connectivity index (χ0) is 20.0. The second-order valence-corrected chi connectivity index (χ2v) is 10.2. The molecule has 2 aliphatic carbocycles. The molecule has 0 bridgehead atoms. The van der Waals surface area contributed by atoms with Crippen molar-refractivity contribution in [2.45, 2.75) is 70.8 Å². The van der Waals surface area contributed by atoms with Crippen LogP contribution in [-0.4, -0.2) is 23.1 Å². The minimum atomic E-state index is 0.355. The molecule has 2 heterocycles. The van der Waals surface area contributed by atoms with Crippen LogP contribution >= 0.6 is 22.9 Å². The first-order valence-electron chi connectivity index (χ1n) is 10.9. The maximum Gasteiger partial charge on any atom is 0.225 e. The van der Waals surface area contributed by atoms with E-state index in [9.17, 15) is 0 Å². The quantitative estimate of drug-likeness (QED) is 0.424. The lowest BCUT2D eigenvalue weighted by atomic mass is 9.88. The number of aromatic nitrogens is 2. The van der Waals surface area contributed by atoms with Gasteiger partial charge in [-0.1, -0.05) is 37.5 Å². The average Bonchev–Trinajstić information content (AvgIpc) is 3.08. The third-order valence-electron chi connectivity index (χ3n) is 6.77. The molecular weight excluding hydrogens is 398 g/mol. The van der Waals surface area contributed by atoms with Gasteiger partial charge >= 0.3 is 0 Å². The lowest BCUT2D eigenvalue weighted by Crippen LogP contribution is -2.34. The zero-order valence-corrected chi connectivity index (χ0v) is 18.9. The molecule has 152 valence electrons. The van der Waals surface area contributed by atoms with E-state index in [2.05, 4.69) is 42.1 Å². The van der Waals surface area contributed by atoms with Gasteiger partial charge in [-0.2, -0.15) is 4.98 Å². The van der Waals surface area contributed by atoms with Crippen molar-refractivity contribution in [3.05, 3.63) is 39.5 Å². The largest absolute Gasteiger partial charge is 0.356 e. The number of benzene rings is 1. The van der Waals surface area contributed by atoms with Gasteiger partial charge in [0.05, 0.1) is 5.39 Å². The number of anilines is 1. The molecule has 3 nitrogen and oxygen atoms in total. The van der Waals surface area contributed by atoms with Crippen molar-refractivity contribution in [3.63, 3.8) is 0 Å². The molecule has 0 N–H and O–H groups in total. The zero-order valence-electron chi connectivity index (χ0n) is 17.3. The number of fused-ring (bicyclic) bond motifs is 2. The fourth-order valence-corrected chi connectivity index (χ4v) is 6.46. The Labute approximate surface area is 182 Å².